The van der Waals surface area contributed by atoms with Gasteiger partial charge in [0.05, 0.1) is 5.39 Å². The summed E-state index contributed by atoms with van der Waals surface area (Å²) < 4.78 is 10.7. The van der Waals surface area contributed by atoms with E-state index in [4.69, 9.17) is 19.4 Å². The molecule has 0 aliphatic carbocycles. The number of methoxy groups -OCH3 is 1. The molecule has 1 aliphatic heterocycles. The average Bonchev–Trinajstić information content (AvgIpc) is 3.17. The third-order valence-electron chi connectivity index (χ3n) is 5.33. The predicted octanol–water partition coefficient (Wildman–Crippen LogP) is 5.00. The fourth-order valence-electron chi connectivity index (χ4n) is 3.93. The molecule has 1 aromatic carbocycles. The van der Waals surface area contributed by atoms with E-state index in [2.05, 4.69) is 27.7 Å². The van der Waals surface area contributed by atoms with E-state index in [9.17, 15) is 4.79 Å². The van der Waals surface area contributed by atoms with Crippen LogP contribution in [0.1, 0.15) is 39.4 Å². The molecule has 7 nitrogen and oxygen atoms in total. The van der Waals surface area contributed by atoms with Crippen molar-refractivity contribution in [1.29, 1.82) is 0 Å². The number of anilines is 1. The van der Waals surface area contributed by atoms with E-state index >= 15 is 0 Å². The number of aromatic nitrogens is 2. The number of rotatable bonds is 5. The van der Waals surface area contributed by atoms with Crippen molar-refractivity contribution in [3.05, 3.63) is 41.5 Å². The van der Waals surface area contributed by atoms with Crippen molar-refractivity contribution in [2.75, 3.05) is 25.1 Å². The lowest BCUT2D eigenvalue weighted by atomic mass is 10.0. The van der Waals surface area contributed by atoms with Crippen molar-refractivity contribution in [2.45, 2.75) is 51.9 Å². The molecule has 0 radical (unpaired) electrons. The van der Waals surface area contributed by atoms with Crippen molar-refractivity contribution in [3.8, 4) is 11.1 Å². The summed E-state index contributed by atoms with van der Waals surface area (Å²) in [5.74, 6) is 1.63. The first-order chi connectivity index (χ1) is 15.3. The first kappa shape index (κ1) is 22.5. The summed E-state index contributed by atoms with van der Waals surface area (Å²) in [4.78, 5) is 25.1. The Hall–Kier alpha value is -2.71. The van der Waals surface area contributed by atoms with Crippen molar-refractivity contribution >= 4 is 33.5 Å². The summed E-state index contributed by atoms with van der Waals surface area (Å²) in [5.41, 5.74) is 1.81. The molecule has 3 aromatic rings. The monoisotopic (exact) mass is 454 g/mol. The van der Waals surface area contributed by atoms with E-state index in [1.807, 2.05) is 39.0 Å². The number of thiophene rings is 1. The van der Waals surface area contributed by atoms with Crippen molar-refractivity contribution in [3.63, 3.8) is 0 Å². The van der Waals surface area contributed by atoms with Crippen LogP contribution < -0.4 is 10.2 Å². The highest BCUT2D eigenvalue weighted by molar-refractivity contribution is 7.17. The zero-order chi connectivity index (χ0) is 22.7. The van der Waals surface area contributed by atoms with Gasteiger partial charge in [-0.15, -0.1) is 11.3 Å². The minimum absolute atomic E-state index is 0.0907. The number of piperidine rings is 1. The molecule has 0 saturated carbocycles. The van der Waals surface area contributed by atoms with E-state index in [0.29, 0.717) is 12.4 Å². The Morgan fingerprint density at radius 3 is 2.56 bits per heavy atom. The molecule has 0 atom stereocenters. The number of benzene rings is 1. The van der Waals surface area contributed by atoms with Gasteiger partial charge < -0.3 is 19.7 Å². The molecule has 32 heavy (non-hydrogen) atoms. The zero-order valence-electron chi connectivity index (χ0n) is 19.1. The number of carbonyl (C=O) groups excluding carboxylic acids is 1. The molecule has 170 valence electrons. The third-order valence-corrected chi connectivity index (χ3v) is 6.21. The van der Waals surface area contributed by atoms with Gasteiger partial charge in [-0.25, -0.2) is 14.8 Å². The molecular formula is C24H30N4O3S. The lowest BCUT2D eigenvalue weighted by molar-refractivity contribution is 0.0497. The summed E-state index contributed by atoms with van der Waals surface area (Å²) in [7, 11) is 1.66. The number of fused-ring (bicyclic) bond motifs is 1. The molecule has 1 amide bonds. The van der Waals surface area contributed by atoms with Crippen LogP contribution in [0.15, 0.2) is 35.7 Å². The highest BCUT2D eigenvalue weighted by Gasteiger charge is 2.27. The van der Waals surface area contributed by atoms with E-state index in [1.54, 1.807) is 18.4 Å². The van der Waals surface area contributed by atoms with E-state index in [0.717, 1.165) is 53.1 Å². The van der Waals surface area contributed by atoms with E-state index in [-0.39, 0.29) is 12.1 Å². The summed E-state index contributed by atoms with van der Waals surface area (Å²) in [5, 5.41) is 6.25. The summed E-state index contributed by atoms with van der Waals surface area (Å²) >= 11 is 1.63. The highest BCUT2D eigenvalue weighted by atomic mass is 32.1. The summed E-state index contributed by atoms with van der Waals surface area (Å²) in [6.07, 6.45) is 1.30. The fourth-order valence-corrected chi connectivity index (χ4v) is 4.89. The van der Waals surface area contributed by atoms with Crippen LogP contribution in [0.25, 0.3) is 21.3 Å². The quantitative estimate of drug-likeness (QED) is 0.585. The van der Waals surface area contributed by atoms with Crippen molar-refractivity contribution in [1.82, 2.24) is 15.3 Å². The Morgan fingerprint density at radius 1 is 1.19 bits per heavy atom. The molecule has 1 aliphatic rings. The van der Waals surface area contributed by atoms with Crippen molar-refractivity contribution in [2.24, 2.45) is 0 Å². The SMILES string of the molecule is COCc1nc(N2CCC(NC(=O)OC(C)(C)C)CC2)c2c(-c3ccccc3)csc2n1. The minimum atomic E-state index is -0.498. The highest BCUT2D eigenvalue weighted by Crippen LogP contribution is 2.39. The van der Waals surface area contributed by atoms with Gasteiger partial charge >= 0.3 is 6.09 Å². The Kier molecular flexibility index (Phi) is 6.62. The Bertz CT molecular complexity index is 1070. The number of nitrogens with zero attached hydrogens (tertiary/aromatic N) is 3. The molecule has 1 fully saturated rings. The lowest BCUT2D eigenvalue weighted by Gasteiger charge is -2.34. The van der Waals surface area contributed by atoms with Crippen LogP contribution in [-0.2, 0) is 16.1 Å². The summed E-state index contributed by atoms with van der Waals surface area (Å²) in [6, 6.07) is 10.4. The molecule has 1 N–H and O–H groups in total. The number of hydrogen-bond acceptors (Lipinski definition) is 7. The van der Waals surface area contributed by atoms with Crippen LogP contribution >= 0.6 is 11.3 Å². The first-order valence-electron chi connectivity index (χ1n) is 10.9. The second-order valence-corrected chi connectivity index (χ2v) is 9.86. The van der Waals surface area contributed by atoms with Gasteiger partial charge in [0.1, 0.15) is 22.9 Å². The van der Waals surface area contributed by atoms with Gasteiger partial charge in [0.25, 0.3) is 0 Å². The number of carbonyl (C=O) groups is 1. The second-order valence-electron chi connectivity index (χ2n) is 9.00. The van der Waals surface area contributed by atoms with Crippen molar-refractivity contribution < 1.29 is 14.3 Å². The number of amides is 1. The van der Waals surface area contributed by atoms with Gasteiger partial charge in [-0.3, -0.25) is 0 Å². The largest absolute Gasteiger partial charge is 0.444 e. The number of hydrogen-bond donors (Lipinski definition) is 1. The first-order valence-corrected chi connectivity index (χ1v) is 11.8. The number of ether oxygens (including phenoxy) is 2. The molecule has 0 bridgehead atoms. The maximum atomic E-state index is 12.2. The van der Waals surface area contributed by atoms with E-state index < -0.39 is 5.60 Å². The molecule has 8 heteroatoms. The Labute approximate surface area is 192 Å². The van der Waals surface area contributed by atoms with Gasteiger partial charge in [-0.2, -0.15) is 0 Å². The summed E-state index contributed by atoms with van der Waals surface area (Å²) in [6.45, 7) is 7.58. The zero-order valence-corrected chi connectivity index (χ0v) is 19.9. The molecule has 1 saturated heterocycles. The maximum Gasteiger partial charge on any atom is 0.407 e. The van der Waals surface area contributed by atoms with Gasteiger partial charge in [0, 0.05) is 37.2 Å². The van der Waals surface area contributed by atoms with Crippen LogP contribution in [0.3, 0.4) is 0 Å². The van der Waals surface area contributed by atoms with Crippen LogP contribution in [0.5, 0.6) is 0 Å². The molecular weight excluding hydrogens is 424 g/mol. The van der Waals surface area contributed by atoms with Gasteiger partial charge in [-0.1, -0.05) is 30.3 Å². The number of nitrogens with one attached hydrogen (secondary N) is 1. The predicted molar refractivity (Wildman–Crippen MR) is 128 cm³/mol. The van der Waals surface area contributed by atoms with Crippen LogP contribution in [0.2, 0.25) is 0 Å². The molecule has 0 unspecified atom stereocenters. The maximum absolute atomic E-state index is 12.2. The van der Waals surface area contributed by atoms with Gasteiger partial charge in [-0.05, 0) is 39.2 Å². The van der Waals surface area contributed by atoms with Crippen LogP contribution in [0.4, 0.5) is 10.6 Å². The Balaban J connectivity index is 1.58. The Morgan fingerprint density at radius 2 is 1.91 bits per heavy atom. The smallest absolute Gasteiger partial charge is 0.407 e. The van der Waals surface area contributed by atoms with Gasteiger partial charge in [0.15, 0.2) is 5.82 Å². The lowest BCUT2D eigenvalue weighted by Crippen LogP contribution is -2.46. The second kappa shape index (κ2) is 9.42. The van der Waals surface area contributed by atoms with Crippen LogP contribution in [-0.4, -0.2) is 47.9 Å². The van der Waals surface area contributed by atoms with Crippen LogP contribution in [0, 0.1) is 0 Å². The fraction of sp³-hybridized carbons (Fsp3) is 0.458. The van der Waals surface area contributed by atoms with E-state index in [1.165, 1.54) is 0 Å². The normalized spacial score (nSPS) is 15.2. The molecule has 3 heterocycles. The molecule has 0 spiro atoms. The number of alkyl carbamates (subject to hydrolysis) is 1. The average molecular weight is 455 g/mol. The standard InChI is InChI=1S/C24H30N4O3S/c1-24(2,3)31-23(29)25-17-10-12-28(13-11-17)21-20-18(16-8-6-5-7-9-16)15-32-22(20)27-19(26-21)14-30-4/h5-9,15,17H,10-14H2,1-4H3,(H,25,29). The minimum Gasteiger partial charge on any atom is -0.444 e. The third kappa shape index (κ3) is 5.19. The topological polar surface area (TPSA) is 76.6 Å². The molecule has 2 aromatic heterocycles. The van der Waals surface area contributed by atoms with Gasteiger partial charge in [0.2, 0.25) is 0 Å². The molecule has 4 rings (SSSR count).